The van der Waals surface area contributed by atoms with E-state index in [0.29, 0.717) is 25.6 Å². The fraction of sp³-hybridized carbons (Fsp3) is 0.923. The predicted molar refractivity (Wildman–Crippen MR) is 81.6 cm³/mol. The monoisotopic (exact) mass is 321 g/mol. The van der Waals surface area contributed by atoms with Gasteiger partial charge in [0, 0.05) is 32.7 Å². The molecule has 0 saturated carbocycles. The molecule has 0 bridgehead atoms. The Morgan fingerprint density at radius 3 is 2.81 bits per heavy atom. The van der Waals surface area contributed by atoms with E-state index in [4.69, 9.17) is 4.74 Å². The molecule has 1 aliphatic rings. The van der Waals surface area contributed by atoms with E-state index >= 15 is 0 Å². The number of rotatable bonds is 10. The summed E-state index contributed by atoms with van der Waals surface area (Å²) in [6.07, 6.45) is 4.13. The van der Waals surface area contributed by atoms with Crippen LogP contribution in [0.2, 0.25) is 0 Å². The molecule has 124 valence electrons. The first-order valence-electron chi connectivity index (χ1n) is 7.50. The molecule has 8 heteroatoms. The molecule has 0 aromatic heterocycles. The lowest BCUT2D eigenvalue weighted by atomic mass is 10.0. The van der Waals surface area contributed by atoms with Gasteiger partial charge < -0.3 is 15.4 Å². The van der Waals surface area contributed by atoms with Gasteiger partial charge in [0.05, 0.1) is 12.4 Å². The summed E-state index contributed by atoms with van der Waals surface area (Å²) in [6.45, 7) is 2.00. The van der Waals surface area contributed by atoms with Gasteiger partial charge in [-0.05, 0) is 25.8 Å². The van der Waals surface area contributed by atoms with Crippen LogP contribution in [0.1, 0.15) is 32.1 Å². The number of hydrogen-bond acceptors (Lipinski definition) is 5. The van der Waals surface area contributed by atoms with Crippen LogP contribution in [0.25, 0.3) is 0 Å². The van der Waals surface area contributed by atoms with Gasteiger partial charge in [0.25, 0.3) is 0 Å². The van der Waals surface area contributed by atoms with Crippen LogP contribution in [0.4, 0.5) is 0 Å². The number of carbonyl (C=O) groups excluding carboxylic acids is 1. The summed E-state index contributed by atoms with van der Waals surface area (Å²) in [5, 5.41) is 5.97. The largest absolute Gasteiger partial charge is 0.383 e. The second kappa shape index (κ2) is 10.1. The molecule has 21 heavy (non-hydrogen) atoms. The highest BCUT2D eigenvalue weighted by Gasteiger charge is 2.17. The van der Waals surface area contributed by atoms with Gasteiger partial charge in [0.2, 0.25) is 15.9 Å². The Morgan fingerprint density at radius 1 is 1.33 bits per heavy atom. The van der Waals surface area contributed by atoms with E-state index < -0.39 is 10.0 Å². The van der Waals surface area contributed by atoms with Gasteiger partial charge in [0.1, 0.15) is 0 Å². The molecule has 7 nitrogen and oxygen atoms in total. The molecule has 3 N–H and O–H groups in total. The smallest absolute Gasteiger partial charge is 0.221 e. The van der Waals surface area contributed by atoms with Gasteiger partial charge in [-0.15, -0.1) is 0 Å². The van der Waals surface area contributed by atoms with Crippen molar-refractivity contribution < 1.29 is 17.9 Å². The van der Waals surface area contributed by atoms with Crippen molar-refractivity contribution in [1.82, 2.24) is 15.4 Å². The fourth-order valence-corrected chi connectivity index (χ4v) is 3.39. The number of amides is 1. The van der Waals surface area contributed by atoms with Crippen LogP contribution in [0.5, 0.6) is 0 Å². The van der Waals surface area contributed by atoms with Crippen LogP contribution in [0.3, 0.4) is 0 Å². The van der Waals surface area contributed by atoms with E-state index in [9.17, 15) is 13.2 Å². The van der Waals surface area contributed by atoms with E-state index in [1.807, 2.05) is 0 Å². The molecule has 0 radical (unpaired) electrons. The zero-order valence-electron chi connectivity index (χ0n) is 12.7. The second-order valence-corrected chi connectivity index (χ2v) is 7.17. The molecular weight excluding hydrogens is 294 g/mol. The number of nitrogens with one attached hydrogen (secondary N) is 3. The highest BCUT2D eigenvalue weighted by Crippen LogP contribution is 2.10. The van der Waals surface area contributed by atoms with Crippen molar-refractivity contribution >= 4 is 15.9 Å². The van der Waals surface area contributed by atoms with E-state index in [-0.39, 0.29) is 24.6 Å². The lowest BCUT2D eigenvalue weighted by molar-refractivity contribution is -0.121. The van der Waals surface area contributed by atoms with Crippen LogP contribution in [0, 0.1) is 0 Å². The zero-order chi connectivity index (χ0) is 15.6. The van der Waals surface area contributed by atoms with Crippen molar-refractivity contribution in [2.45, 2.75) is 38.1 Å². The summed E-state index contributed by atoms with van der Waals surface area (Å²) in [6, 6.07) is 0.299. The molecule has 1 aliphatic heterocycles. The molecular formula is C13H27N3O4S. The van der Waals surface area contributed by atoms with Crippen molar-refractivity contribution in [3.05, 3.63) is 0 Å². The minimum Gasteiger partial charge on any atom is -0.383 e. The SMILES string of the molecule is COCCNC(=O)CCNS(=O)(=O)CCC1CCCCN1. The zero-order valence-corrected chi connectivity index (χ0v) is 13.5. The van der Waals surface area contributed by atoms with Gasteiger partial charge in [-0.2, -0.15) is 0 Å². The molecule has 0 aromatic rings. The molecule has 0 aliphatic carbocycles. The summed E-state index contributed by atoms with van der Waals surface area (Å²) in [5.41, 5.74) is 0. The quantitative estimate of drug-likeness (QED) is 0.475. The normalized spacial score (nSPS) is 19.4. The number of sulfonamides is 1. The van der Waals surface area contributed by atoms with Crippen LogP contribution in [-0.4, -0.2) is 59.5 Å². The number of ether oxygens (including phenoxy) is 1. The number of hydrogen-bond donors (Lipinski definition) is 3. The molecule has 1 saturated heterocycles. The average Bonchev–Trinajstić information content (AvgIpc) is 2.46. The highest BCUT2D eigenvalue weighted by atomic mass is 32.2. The maximum Gasteiger partial charge on any atom is 0.221 e. The Kier molecular flexibility index (Phi) is 8.82. The first-order valence-corrected chi connectivity index (χ1v) is 9.15. The van der Waals surface area contributed by atoms with Crippen molar-refractivity contribution in [2.75, 3.05) is 39.1 Å². The van der Waals surface area contributed by atoms with Crippen molar-refractivity contribution in [3.8, 4) is 0 Å². The Balaban J connectivity index is 2.12. The molecule has 1 atom stereocenters. The van der Waals surface area contributed by atoms with Gasteiger partial charge in [-0.25, -0.2) is 13.1 Å². The van der Waals surface area contributed by atoms with Gasteiger partial charge >= 0.3 is 0 Å². The Hall–Kier alpha value is -0.700. The first-order chi connectivity index (χ1) is 10.0. The minimum absolute atomic E-state index is 0.107. The summed E-state index contributed by atoms with van der Waals surface area (Å²) in [5.74, 6) is -0.0700. The molecule has 1 rings (SSSR count). The summed E-state index contributed by atoms with van der Waals surface area (Å²) < 4.78 is 30.9. The van der Waals surface area contributed by atoms with Crippen molar-refractivity contribution in [2.24, 2.45) is 0 Å². The van der Waals surface area contributed by atoms with Crippen LogP contribution in [-0.2, 0) is 19.6 Å². The molecule has 0 spiro atoms. The Labute approximate surface area is 127 Å². The summed E-state index contributed by atoms with van der Waals surface area (Å²) in [7, 11) is -1.74. The van der Waals surface area contributed by atoms with Crippen LogP contribution < -0.4 is 15.4 Å². The third kappa shape index (κ3) is 9.02. The number of carbonyl (C=O) groups is 1. The Bertz CT molecular complexity index is 394. The van der Waals surface area contributed by atoms with Gasteiger partial charge in [-0.1, -0.05) is 6.42 Å². The molecule has 1 unspecified atom stereocenters. The maximum atomic E-state index is 11.8. The summed E-state index contributed by atoms with van der Waals surface area (Å²) >= 11 is 0. The van der Waals surface area contributed by atoms with Crippen molar-refractivity contribution in [1.29, 1.82) is 0 Å². The minimum atomic E-state index is -3.30. The van der Waals surface area contributed by atoms with Crippen molar-refractivity contribution in [3.63, 3.8) is 0 Å². The molecule has 0 aromatic carbocycles. The standard InChI is InChI=1S/C13H27N3O4S/c1-20-10-9-15-13(17)5-8-16-21(18,19)11-6-12-4-2-3-7-14-12/h12,14,16H,2-11H2,1H3,(H,15,17). The third-order valence-corrected chi connectivity index (χ3v) is 4.87. The summed E-state index contributed by atoms with van der Waals surface area (Å²) in [4.78, 5) is 11.4. The van der Waals surface area contributed by atoms with E-state index in [2.05, 4.69) is 15.4 Å². The average molecular weight is 321 g/mol. The number of methoxy groups -OCH3 is 1. The topological polar surface area (TPSA) is 96.5 Å². The van der Waals surface area contributed by atoms with Crippen LogP contribution in [0.15, 0.2) is 0 Å². The lowest BCUT2D eigenvalue weighted by Gasteiger charge is -2.23. The first kappa shape index (κ1) is 18.3. The second-order valence-electron chi connectivity index (χ2n) is 5.24. The lowest BCUT2D eigenvalue weighted by Crippen LogP contribution is -2.38. The Morgan fingerprint density at radius 2 is 2.14 bits per heavy atom. The predicted octanol–water partition coefficient (Wildman–Crippen LogP) is -0.409. The van der Waals surface area contributed by atoms with E-state index in [1.165, 1.54) is 6.42 Å². The van der Waals surface area contributed by atoms with Gasteiger partial charge in [-0.3, -0.25) is 4.79 Å². The number of piperidine rings is 1. The fourth-order valence-electron chi connectivity index (χ4n) is 2.24. The molecule has 1 fully saturated rings. The van der Waals surface area contributed by atoms with Gasteiger partial charge in [0.15, 0.2) is 0 Å². The molecule has 1 amide bonds. The maximum absolute atomic E-state index is 11.8. The van der Waals surface area contributed by atoms with Crippen LogP contribution >= 0.6 is 0 Å². The van der Waals surface area contributed by atoms with E-state index in [0.717, 1.165) is 19.4 Å². The third-order valence-electron chi connectivity index (χ3n) is 3.45. The molecule has 1 heterocycles. The van der Waals surface area contributed by atoms with E-state index in [1.54, 1.807) is 7.11 Å². The highest BCUT2D eigenvalue weighted by molar-refractivity contribution is 7.89.